The summed E-state index contributed by atoms with van der Waals surface area (Å²) < 4.78 is 24.7. The number of benzene rings is 2. The minimum absolute atomic E-state index is 0.0514. The monoisotopic (exact) mass is 448 g/mol. The summed E-state index contributed by atoms with van der Waals surface area (Å²) in [7, 11) is 3.01. The van der Waals surface area contributed by atoms with Gasteiger partial charge in [-0.25, -0.2) is 4.39 Å². The third kappa shape index (κ3) is 4.17. The van der Waals surface area contributed by atoms with Gasteiger partial charge in [0.15, 0.2) is 11.5 Å². The fourth-order valence-corrected chi connectivity index (χ4v) is 3.42. The number of nitrogens with one attached hydrogen (secondary N) is 2. The largest absolute Gasteiger partial charge is 0.493 e. The maximum atomic E-state index is 13.6. The van der Waals surface area contributed by atoms with Gasteiger partial charge in [-0.2, -0.15) is 0 Å². The van der Waals surface area contributed by atoms with Crippen LogP contribution in [0.1, 0.15) is 17.9 Å². The Labute approximate surface area is 169 Å². The molecule has 146 valence electrons. The van der Waals surface area contributed by atoms with Crippen LogP contribution in [0.25, 0.3) is 0 Å². The number of rotatable bonds is 5. The standard InChI is InChI=1S/C20H18BrFN2O4/c1-27-17-8-15(21)16(9-18(17)28-2)24-20(26)14-10-23-19(25)7-13(14)11-4-3-5-12(22)6-11/h3-6,8-10,13H,7H2,1-2H3,(H,23,25)(H,24,26). The summed E-state index contributed by atoms with van der Waals surface area (Å²) in [5.74, 6) is -0.669. The van der Waals surface area contributed by atoms with E-state index in [-0.39, 0.29) is 12.3 Å². The van der Waals surface area contributed by atoms with Crippen LogP contribution >= 0.6 is 15.9 Å². The van der Waals surface area contributed by atoms with Crippen LogP contribution in [0.2, 0.25) is 0 Å². The van der Waals surface area contributed by atoms with Gasteiger partial charge in [0.2, 0.25) is 5.91 Å². The number of amides is 2. The lowest BCUT2D eigenvalue weighted by atomic mass is 9.86. The second kappa shape index (κ2) is 8.43. The van der Waals surface area contributed by atoms with Gasteiger partial charge in [0.1, 0.15) is 5.82 Å². The third-order valence-corrected chi connectivity index (χ3v) is 5.04. The molecule has 0 saturated carbocycles. The van der Waals surface area contributed by atoms with Crippen molar-refractivity contribution in [3.8, 4) is 11.5 Å². The molecule has 1 unspecified atom stereocenters. The van der Waals surface area contributed by atoms with Crippen LogP contribution in [0.5, 0.6) is 11.5 Å². The molecule has 2 aromatic carbocycles. The summed E-state index contributed by atoms with van der Waals surface area (Å²) in [6, 6.07) is 9.19. The van der Waals surface area contributed by atoms with E-state index in [1.54, 1.807) is 24.3 Å². The number of hydrogen-bond acceptors (Lipinski definition) is 4. The molecule has 0 spiro atoms. The maximum Gasteiger partial charge on any atom is 0.253 e. The lowest BCUT2D eigenvalue weighted by molar-refractivity contribution is -0.121. The number of anilines is 1. The molecule has 1 aliphatic rings. The molecule has 0 radical (unpaired) electrons. The third-order valence-electron chi connectivity index (χ3n) is 4.39. The van der Waals surface area contributed by atoms with E-state index in [4.69, 9.17) is 9.47 Å². The average molecular weight is 449 g/mol. The Morgan fingerprint density at radius 2 is 1.93 bits per heavy atom. The van der Waals surface area contributed by atoms with Gasteiger partial charge >= 0.3 is 0 Å². The van der Waals surface area contributed by atoms with Crippen molar-refractivity contribution >= 4 is 33.4 Å². The lowest BCUT2D eigenvalue weighted by Crippen LogP contribution is -2.32. The Balaban J connectivity index is 1.91. The Morgan fingerprint density at radius 3 is 2.61 bits per heavy atom. The van der Waals surface area contributed by atoms with Gasteiger partial charge in [-0.15, -0.1) is 0 Å². The van der Waals surface area contributed by atoms with Crippen molar-refractivity contribution < 1.29 is 23.5 Å². The SMILES string of the molecule is COc1cc(Br)c(NC(=O)C2=CNC(=O)CC2c2cccc(F)c2)cc1OC. The highest BCUT2D eigenvalue weighted by Crippen LogP contribution is 2.37. The molecule has 3 rings (SSSR count). The van der Waals surface area contributed by atoms with Crippen LogP contribution in [0.15, 0.2) is 52.6 Å². The maximum absolute atomic E-state index is 13.6. The van der Waals surface area contributed by atoms with E-state index in [0.717, 1.165) is 0 Å². The molecular formula is C20H18BrFN2O4. The normalized spacial score (nSPS) is 16.1. The molecule has 1 aliphatic heterocycles. The van der Waals surface area contributed by atoms with Crippen LogP contribution in [0.4, 0.5) is 10.1 Å². The molecular weight excluding hydrogens is 431 g/mol. The van der Waals surface area contributed by atoms with Gasteiger partial charge in [-0.05, 0) is 33.6 Å². The quantitative estimate of drug-likeness (QED) is 0.730. The Morgan fingerprint density at radius 1 is 1.21 bits per heavy atom. The first-order valence-corrected chi connectivity index (χ1v) is 9.20. The minimum atomic E-state index is -0.552. The molecule has 0 aromatic heterocycles. The summed E-state index contributed by atoms with van der Waals surface area (Å²) in [6.07, 6.45) is 1.42. The number of hydrogen-bond donors (Lipinski definition) is 2. The number of carbonyl (C=O) groups excluding carboxylic acids is 2. The topological polar surface area (TPSA) is 76.7 Å². The highest BCUT2D eigenvalue weighted by molar-refractivity contribution is 9.10. The van der Waals surface area contributed by atoms with Crippen molar-refractivity contribution in [1.29, 1.82) is 0 Å². The molecule has 8 heteroatoms. The highest BCUT2D eigenvalue weighted by Gasteiger charge is 2.29. The van der Waals surface area contributed by atoms with E-state index < -0.39 is 17.6 Å². The molecule has 1 atom stereocenters. The van der Waals surface area contributed by atoms with Crippen molar-refractivity contribution in [1.82, 2.24) is 5.32 Å². The first-order valence-electron chi connectivity index (χ1n) is 8.40. The van der Waals surface area contributed by atoms with Crippen LogP contribution < -0.4 is 20.1 Å². The zero-order valence-electron chi connectivity index (χ0n) is 15.2. The molecule has 2 aromatic rings. The van der Waals surface area contributed by atoms with Crippen molar-refractivity contribution in [2.45, 2.75) is 12.3 Å². The van der Waals surface area contributed by atoms with Gasteiger partial charge in [-0.3, -0.25) is 9.59 Å². The highest BCUT2D eigenvalue weighted by atomic mass is 79.9. The lowest BCUT2D eigenvalue weighted by Gasteiger charge is -2.24. The average Bonchev–Trinajstić information content (AvgIpc) is 2.69. The van der Waals surface area contributed by atoms with E-state index in [2.05, 4.69) is 26.6 Å². The minimum Gasteiger partial charge on any atom is -0.493 e. The van der Waals surface area contributed by atoms with Gasteiger partial charge < -0.3 is 20.1 Å². The van der Waals surface area contributed by atoms with E-state index >= 15 is 0 Å². The molecule has 28 heavy (non-hydrogen) atoms. The summed E-state index contributed by atoms with van der Waals surface area (Å²) >= 11 is 3.39. The van der Waals surface area contributed by atoms with Crippen molar-refractivity contribution in [2.75, 3.05) is 19.5 Å². The summed E-state index contributed by atoms with van der Waals surface area (Å²) in [5, 5.41) is 5.36. The van der Waals surface area contributed by atoms with Gasteiger partial charge in [0, 0.05) is 40.7 Å². The molecule has 0 saturated heterocycles. The van der Waals surface area contributed by atoms with Gasteiger partial charge in [0.25, 0.3) is 5.91 Å². The van der Waals surface area contributed by atoms with Crippen LogP contribution in [0, 0.1) is 5.82 Å². The summed E-state index contributed by atoms with van der Waals surface area (Å²) in [5.41, 5.74) is 1.35. The first kappa shape index (κ1) is 19.9. The first-order chi connectivity index (χ1) is 13.4. The van der Waals surface area contributed by atoms with Crippen molar-refractivity contribution in [3.63, 3.8) is 0 Å². The number of carbonyl (C=O) groups is 2. The van der Waals surface area contributed by atoms with Crippen LogP contribution in [-0.4, -0.2) is 26.0 Å². The van der Waals surface area contributed by atoms with E-state index in [9.17, 15) is 14.0 Å². The van der Waals surface area contributed by atoms with Gasteiger partial charge in [-0.1, -0.05) is 12.1 Å². The van der Waals surface area contributed by atoms with E-state index in [1.165, 1.54) is 32.6 Å². The van der Waals surface area contributed by atoms with Crippen LogP contribution in [-0.2, 0) is 9.59 Å². The zero-order valence-corrected chi connectivity index (χ0v) is 16.8. The Kier molecular flexibility index (Phi) is 5.99. The van der Waals surface area contributed by atoms with Crippen molar-refractivity contribution in [2.24, 2.45) is 0 Å². The molecule has 2 N–H and O–H groups in total. The molecule has 0 aliphatic carbocycles. The van der Waals surface area contributed by atoms with Crippen molar-refractivity contribution in [3.05, 3.63) is 64.0 Å². The van der Waals surface area contributed by atoms with Crippen LogP contribution in [0.3, 0.4) is 0 Å². The number of methoxy groups -OCH3 is 2. The van der Waals surface area contributed by atoms with Gasteiger partial charge in [0.05, 0.1) is 19.9 Å². The number of ether oxygens (including phenoxy) is 2. The second-order valence-corrected chi connectivity index (χ2v) is 6.97. The Bertz CT molecular complexity index is 961. The smallest absolute Gasteiger partial charge is 0.253 e. The predicted molar refractivity (Wildman–Crippen MR) is 106 cm³/mol. The van der Waals surface area contributed by atoms with E-state index in [0.29, 0.717) is 32.8 Å². The molecule has 1 heterocycles. The fourth-order valence-electron chi connectivity index (χ4n) is 3.00. The molecule has 0 bridgehead atoms. The Hall–Kier alpha value is -2.87. The molecule has 0 fully saturated rings. The summed E-state index contributed by atoms with van der Waals surface area (Å²) in [6.45, 7) is 0. The van der Waals surface area contributed by atoms with E-state index in [1.807, 2.05) is 0 Å². The second-order valence-electron chi connectivity index (χ2n) is 6.12. The predicted octanol–water partition coefficient (Wildman–Crippen LogP) is 3.73. The number of halogens is 2. The summed E-state index contributed by atoms with van der Waals surface area (Å²) in [4.78, 5) is 24.8. The zero-order chi connectivity index (χ0) is 20.3. The fraction of sp³-hybridized carbons (Fsp3) is 0.200. The molecule has 2 amide bonds. The molecule has 6 nitrogen and oxygen atoms in total.